The molecule has 1 unspecified atom stereocenters. The minimum Gasteiger partial charge on any atom is -0.491 e. The standard InChI is InChI=1S/C20H23NO4/c1-13(2)10-21-11-14(22)12-24-15-7-8-17-19(9-15)25-18-6-4-3-5-16(18)20(17)23/h3-9,13-14,21-22H,10-12H2,1-2H3. The lowest BCUT2D eigenvalue weighted by Gasteiger charge is -2.14. The van der Waals surface area contributed by atoms with Crippen LogP contribution in [0.1, 0.15) is 13.8 Å². The first kappa shape index (κ1) is 17.5. The summed E-state index contributed by atoms with van der Waals surface area (Å²) in [4.78, 5) is 12.5. The zero-order valence-corrected chi connectivity index (χ0v) is 14.5. The first-order valence-electron chi connectivity index (χ1n) is 8.52. The first-order valence-corrected chi connectivity index (χ1v) is 8.52. The van der Waals surface area contributed by atoms with Crippen LogP contribution in [0.5, 0.6) is 5.75 Å². The third-order valence-electron chi connectivity index (χ3n) is 3.92. The van der Waals surface area contributed by atoms with Crippen LogP contribution in [0.4, 0.5) is 0 Å². The molecule has 0 saturated heterocycles. The Morgan fingerprint density at radius 3 is 2.64 bits per heavy atom. The summed E-state index contributed by atoms with van der Waals surface area (Å²) in [6, 6.07) is 12.3. The van der Waals surface area contributed by atoms with Crippen molar-refractivity contribution in [3.05, 3.63) is 52.7 Å². The number of hydrogen-bond donors (Lipinski definition) is 2. The largest absolute Gasteiger partial charge is 0.491 e. The van der Waals surface area contributed by atoms with E-state index >= 15 is 0 Å². The molecule has 1 atom stereocenters. The van der Waals surface area contributed by atoms with Gasteiger partial charge < -0.3 is 19.6 Å². The predicted molar refractivity (Wildman–Crippen MR) is 99.2 cm³/mol. The summed E-state index contributed by atoms with van der Waals surface area (Å²) in [5, 5.41) is 14.2. The molecule has 2 N–H and O–H groups in total. The molecule has 132 valence electrons. The van der Waals surface area contributed by atoms with Crippen molar-refractivity contribution in [1.82, 2.24) is 5.32 Å². The molecule has 5 nitrogen and oxygen atoms in total. The number of benzene rings is 2. The molecule has 0 aliphatic rings. The molecule has 3 rings (SSSR count). The molecule has 0 aliphatic carbocycles. The second-order valence-corrected chi connectivity index (χ2v) is 6.60. The highest BCUT2D eigenvalue weighted by atomic mass is 16.5. The van der Waals surface area contributed by atoms with Gasteiger partial charge in [-0.3, -0.25) is 4.79 Å². The highest BCUT2D eigenvalue weighted by Gasteiger charge is 2.10. The Morgan fingerprint density at radius 1 is 1.08 bits per heavy atom. The Balaban J connectivity index is 1.73. The second kappa shape index (κ2) is 7.68. The van der Waals surface area contributed by atoms with E-state index in [0.717, 1.165) is 6.54 Å². The van der Waals surface area contributed by atoms with Gasteiger partial charge in [-0.15, -0.1) is 0 Å². The summed E-state index contributed by atoms with van der Waals surface area (Å²) < 4.78 is 11.4. The van der Waals surface area contributed by atoms with Gasteiger partial charge in [-0.1, -0.05) is 26.0 Å². The Kier molecular flexibility index (Phi) is 5.36. The average molecular weight is 341 g/mol. The monoisotopic (exact) mass is 341 g/mol. The van der Waals surface area contributed by atoms with Gasteiger partial charge in [-0.25, -0.2) is 0 Å². The maximum Gasteiger partial charge on any atom is 0.200 e. The van der Waals surface area contributed by atoms with E-state index in [0.29, 0.717) is 40.2 Å². The van der Waals surface area contributed by atoms with E-state index in [1.807, 2.05) is 12.1 Å². The number of rotatable bonds is 7. The fourth-order valence-corrected chi connectivity index (χ4v) is 2.66. The minimum atomic E-state index is -0.599. The molecule has 0 bridgehead atoms. The van der Waals surface area contributed by atoms with Gasteiger partial charge in [0, 0.05) is 12.6 Å². The molecule has 2 aromatic carbocycles. The summed E-state index contributed by atoms with van der Waals surface area (Å²) >= 11 is 0. The van der Waals surface area contributed by atoms with Crippen molar-refractivity contribution in [1.29, 1.82) is 0 Å². The number of fused-ring (bicyclic) bond motifs is 2. The third-order valence-corrected chi connectivity index (χ3v) is 3.92. The van der Waals surface area contributed by atoms with Crippen molar-refractivity contribution in [2.45, 2.75) is 20.0 Å². The number of para-hydroxylation sites is 1. The average Bonchev–Trinajstić information content (AvgIpc) is 2.59. The lowest BCUT2D eigenvalue weighted by Crippen LogP contribution is -2.33. The molecule has 0 aliphatic heterocycles. The van der Waals surface area contributed by atoms with E-state index in [1.54, 1.807) is 30.3 Å². The quantitative estimate of drug-likeness (QED) is 0.647. The van der Waals surface area contributed by atoms with Crippen LogP contribution in [-0.2, 0) is 0 Å². The maximum atomic E-state index is 12.5. The fraction of sp³-hybridized carbons (Fsp3) is 0.350. The summed E-state index contributed by atoms with van der Waals surface area (Å²) in [6.45, 7) is 5.73. The molecule has 0 fully saturated rings. The van der Waals surface area contributed by atoms with E-state index in [1.165, 1.54) is 0 Å². The smallest absolute Gasteiger partial charge is 0.200 e. The van der Waals surface area contributed by atoms with Crippen molar-refractivity contribution < 1.29 is 14.3 Å². The molecule has 3 aromatic rings. The summed E-state index contributed by atoms with van der Waals surface area (Å²) in [5.74, 6) is 1.10. The van der Waals surface area contributed by atoms with Crippen molar-refractivity contribution in [3.63, 3.8) is 0 Å². The Bertz CT molecular complexity index is 916. The second-order valence-electron chi connectivity index (χ2n) is 6.60. The summed E-state index contributed by atoms with van der Waals surface area (Å²) in [6.07, 6.45) is -0.599. The summed E-state index contributed by atoms with van der Waals surface area (Å²) in [5.41, 5.74) is 0.977. The highest BCUT2D eigenvalue weighted by Crippen LogP contribution is 2.22. The van der Waals surface area contributed by atoms with Crippen molar-refractivity contribution in [2.75, 3.05) is 19.7 Å². The first-order chi connectivity index (χ1) is 12.0. The summed E-state index contributed by atoms with van der Waals surface area (Å²) in [7, 11) is 0. The molecule has 5 heteroatoms. The van der Waals surface area contributed by atoms with Gasteiger partial charge in [0.25, 0.3) is 0 Å². The van der Waals surface area contributed by atoms with Crippen LogP contribution < -0.4 is 15.5 Å². The van der Waals surface area contributed by atoms with Crippen LogP contribution in [0.15, 0.2) is 51.7 Å². The third kappa shape index (κ3) is 4.18. The van der Waals surface area contributed by atoms with Crippen molar-refractivity contribution >= 4 is 21.9 Å². The molecule has 0 amide bonds. The van der Waals surface area contributed by atoms with Crippen LogP contribution in [0.3, 0.4) is 0 Å². The highest BCUT2D eigenvalue weighted by molar-refractivity contribution is 5.90. The van der Waals surface area contributed by atoms with Gasteiger partial charge in [0.2, 0.25) is 5.43 Å². The predicted octanol–water partition coefficient (Wildman–Crippen LogP) is 2.93. The molecule has 0 radical (unpaired) electrons. The van der Waals surface area contributed by atoms with Crippen LogP contribution >= 0.6 is 0 Å². The normalized spacial score (nSPS) is 12.8. The zero-order chi connectivity index (χ0) is 17.8. The van der Waals surface area contributed by atoms with Crippen molar-refractivity contribution in [3.8, 4) is 5.75 Å². The van der Waals surface area contributed by atoms with Crippen molar-refractivity contribution in [2.24, 2.45) is 5.92 Å². The van der Waals surface area contributed by atoms with Gasteiger partial charge in [-0.05, 0) is 36.7 Å². The van der Waals surface area contributed by atoms with Crippen LogP contribution in [0.2, 0.25) is 0 Å². The van der Waals surface area contributed by atoms with Gasteiger partial charge in [0.1, 0.15) is 29.6 Å². The van der Waals surface area contributed by atoms with E-state index in [9.17, 15) is 9.90 Å². The maximum absolute atomic E-state index is 12.5. The van der Waals surface area contributed by atoms with Crippen LogP contribution in [-0.4, -0.2) is 30.9 Å². The van der Waals surface area contributed by atoms with E-state index in [-0.39, 0.29) is 12.0 Å². The molecular weight excluding hydrogens is 318 g/mol. The van der Waals surface area contributed by atoms with Crippen LogP contribution in [0, 0.1) is 5.92 Å². The van der Waals surface area contributed by atoms with Gasteiger partial charge in [-0.2, -0.15) is 0 Å². The molecule has 0 saturated carbocycles. The molecular formula is C20H23NO4. The molecule has 25 heavy (non-hydrogen) atoms. The van der Waals surface area contributed by atoms with Gasteiger partial charge in [0.05, 0.1) is 10.8 Å². The Morgan fingerprint density at radius 2 is 1.84 bits per heavy atom. The number of hydrogen-bond acceptors (Lipinski definition) is 5. The number of aliphatic hydroxyl groups excluding tert-OH is 1. The number of aliphatic hydroxyl groups is 1. The number of ether oxygens (including phenoxy) is 1. The van der Waals surface area contributed by atoms with Crippen LogP contribution in [0.25, 0.3) is 21.9 Å². The number of nitrogens with one attached hydrogen (secondary N) is 1. The minimum absolute atomic E-state index is 0.0543. The molecule has 1 heterocycles. The Labute approximate surface area is 146 Å². The van der Waals surface area contributed by atoms with Gasteiger partial charge in [0.15, 0.2) is 0 Å². The zero-order valence-electron chi connectivity index (χ0n) is 14.5. The van der Waals surface area contributed by atoms with E-state index in [4.69, 9.17) is 9.15 Å². The fourth-order valence-electron chi connectivity index (χ4n) is 2.66. The lowest BCUT2D eigenvalue weighted by atomic mass is 10.1. The van der Waals surface area contributed by atoms with E-state index < -0.39 is 6.10 Å². The Hall–Kier alpha value is -2.37. The van der Waals surface area contributed by atoms with Gasteiger partial charge >= 0.3 is 0 Å². The molecule has 1 aromatic heterocycles. The topological polar surface area (TPSA) is 71.7 Å². The lowest BCUT2D eigenvalue weighted by molar-refractivity contribution is 0.106. The molecule has 0 spiro atoms. The van der Waals surface area contributed by atoms with E-state index in [2.05, 4.69) is 19.2 Å². The SMILES string of the molecule is CC(C)CNCC(O)COc1ccc2c(=O)c3ccccc3oc2c1.